The molecule has 2 heterocycles. The monoisotopic (exact) mass is 277 g/mol. The SMILES string of the molecule is CC(CCc1ccco1)NC(=O)c1cc(C(=O)O)co1. The normalized spacial score (nSPS) is 12.1. The quantitative estimate of drug-likeness (QED) is 0.845. The molecule has 2 aromatic heterocycles. The third kappa shape index (κ3) is 3.50. The summed E-state index contributed by atoms with van der Waals surface area (Å²) in [7, 11) is 0. The molecule has 106 valence electrons. The van der Waals surface area contributed by atoms with Gasteiger partial charge >= 0.3 is 5.97 Å². The van der Waals surface area contributed by atoms with Crippen molar-refractivity contribution in [2.24, 2.45) is 0 Å². The molecule has 0 saturated heterocycles. The molecule has 2 rings (SSSR count). The van der Waals surface area contributed by atoms with Gasteiger partial charge in [0.25, 0.3) is 5.91 Å². The molecule has 2 aromatic rings. The minimum Gasteiger partial charge on any atom is -0.478 e. The lowest BCUT2D eigenvalue weighted by atomic mass is 10.1. The van der Waals surface area contributed by atoms with Crippen LogP contribution in [0, 0.1) is 0 Å². The molecule has 0 aliphatic carbocycles. The Morgan fingerprint density at radius 2 is 2.20 bits per heavy atom. The number of carbonyl (C=O) groups is 2. The fourth-order valence-corrected chi connectivity index (χ4v) is 1.75. The van der Waals surface area contributed by atoms with Crippen LogP contribution in [0.4, 0.5) is 0 Å². The molecule has 0 aliphatic heterocycles. The summed E-state index contributed by atoms with van der Waals surface area (Å²) in [4.78, 5) is 22.5. The average Bonchev–Trinajstić information content (AvgIpc) is 3.07. The molecule has 0 spiro atoms. The fraction of sp³-hybridized carbons (Fsp3) is 0.286. The van der Waals surface area contributed by atoms with E-state index in [1.165, 1.54) is 6.07 Å². The molecule has 1 amide bonds. The maximum absolute atomic E-state index is 11.8. The minimum absolute atomic E-state index is 0.00718. The average molecular weight is 277 g/mol. The predicted molar refractivity (Wildman–Crippen MR) is 69.6 cm³/mol. The van der Waals surface area contributed by atoms with Crippen molar-refractivity contribution >= 4 is 11.9 Å². The highest BCUT2D eigenvalue weighted by molar-refractivity contribution is 5.95. The Labute approximate surface area is 115 Å². The summed E-state index contributed by atoms with van der Waals surface area (Å²) in [5.74, 6) is -0.701. The Morgan fingerprint density at radius 3 is 2.80 bits per heavy atom. The zero-order valence-corrected chi connectivity index (χ0v) is 11.0. The standard InChI is InChI=1S/C14H15NO5/c1-9(4-5-11-3-2-6-19-11)15-13(16)12-7-10(8-20-12)14(17)18/h2-3,6-9H,4-5H2,1H3,(H,15,16)(H,17,18). The molecule has 6 heteroatoms. The second-order valence-corrected chi connectivity index (χ2v) is 4.50. The van der Waals surface area contributed by atoms with Crippen LogP contribution in [0.5, 0.6) is 0 Å². The molecule has 20 heavy (non-hydrogen) atoms. The number of rotatable bonds is 6. The molecule has 2 N–H and O–H groups in total. The van der Waals surface area contributed by atoms with E-state index in [2.05, 4.69) is 5.32 Å². The van der Waals surface area contributed by atoms with Crippen molar-refractivity contribution in [3.63, 3.8) is 0 Å². The van der Waals surface area contributed by atoms with Gasteiger partial charge in [0.1, 0.15) is 12.0 Å². The van der Waals surface area contributed by atoms with Crippen molar-refractivity contribution in [2.45, 2.75) is 25.8 Å². The van der Waals surface area contributed by atoms with Crippen LogP contribution in [0.1, 0.15) is 40.0 Å². The van der Waals surface area contributed by atoms with Gasteiger partial charge < -0.3 is 19.3 Å². The third-order valence-corrected chi connectivity index (χ3v) is 2.85. The number of amides is 1. The van der Waals surface area contributed by atoms with Crippen LogP contribution < -0.4 is 5.32 Å². The van der Waals surface area contributed by atoms with Gasteiger partial charge in [0, 0.05) is 18.5 Å². The van der Waals surface area contributed by atoms with Gasteiger partial charge in [-0.1, -0.05) is 0 Å². The Hall–Kier alpha value is -2.50. The molecule has 6 nitrogen and oxygen atoms in total. The van der Waals surface area contributed by atoms with Gasteiger partial charge in [-0.2, -0.15) is 0 Å². The molecule has 0 aliphatic rings. The van der Waals surface area contributed by atoms with Crippen LogP contribution in [0.3, 0.4) is 0 Å². The Balaban J connectivity index is 1.85. The summed E-state index contributed by atoms with van der Waals surface area (Å²) in [6.45, 7) is 1.86. The Bertz CT molecular complexity index is 584. The molecular formula is C14H15NO5. The number of hydrogen-bond donors (Lipinski definition) is 2. The van der Waals surface area contributed by atoms with Crippen LogP contribution in [-0.2, 0) is 6.42 Å². The largest absolute Gasteiger partial charge is 0.478 e. The van der Waals surface area contributed by atoms with Crippen molar-refractivity contribution in [3.8, 4) is 0 Å². The summed E-state index contributed by atoms with van der Waals surface area (Å²) in [6, 6.07) is 4.82. The van der Waals surface area contributed by atoms with Crippen molar-refractivity contribution in [3.05, 3.63) is 47.8 Å². The van der Waals surface area contributed by atoms with Gasteiger partial charge in [-0.25, -0.2) is 4.79 Å². The second kappa shape index (κ2) is 6.10. The maximum Gasteiger partial charge on any atom is 0.338 e. The third-order valence-electron chi connectivity index (χ3n) is 2.85. The first-order valence-electron chi connectivity index (χ1n) is 6.21. The summed E-state index contributed by atoms with van der Waals surface area (Å²) >= 11 is 0. The van der Waals surface area contributed by atoms with E-state index in [4.69, 9.17) is 13.9 Å². The predicted octanol–water partition coefficient (Wildman–Crippen LogP) is 2.32. The van der Waals surface area contributed by atoms with E-state index < -0.39 is 11.9 Å². The first-order chi connectivity index (χ1) is 9.56. The second-order valence-electron chi connectivity index (χ2n) is 4.50. The van der Waals surface area contributed by atoms with Gasteiger partial charge in [-0.15, -0.1) is 0 Å². The van der Waals surface area contributed by atoms with Crippen LogP contribution >= 0.6 is 0 Å². The van der Waals surface area contributed by atoms with Crippen molar-refractivity contribution < 1.29 is 23.5 Å². The Kier molecular flexibility index (Phi) is 4.24. The van der Waals surface area contributed by atoms with Gasteiger partial charge in [0.15, 0.2) is 5.76 Å². The molecule has 1 unspecified atom stereocenters. The summed E-state index contributed by atoms with van der Waals surface area (Å²) < 4.78 is 10.1. The van der Waals surface area contributed by atoms with E-state index in [-0.39, 0.29) is 17.4 Å². The zero-order valence-electron chi connectivity index (χ0n) is 11.0. The number of carboxylic acid groups (broad SMARTS) is 1. The molecule has 0 radical (unpaired) electrons. The molecule has 0 bridgehead atoms. The lowest BCUT2D eigenvalue weighted by Gasteiger charge is -2.11. The van der Waals surface area contributed by atoms with Gasteiger partial charge in [0.05, 0.1) is 11.8 Å². The van der Waals surface area contributed by atoms with E-state index in [1.54, 1.807) is 6.26 Å². The van der Waals surface area contributed by atoms with E-state index in [0.717, 1.165) is 12.0 Å². The minimum atomic E-state index is -1.13. The smallest absolute Gasteiger partial charge is 0.338 e. The van der Waals surface area contributed by atoms with Crippen molar-refractivity contribution in [1.82, 2.24) is 5.32 Å². The first-order valence-corrected chi connectivity index (χ1v) is 6.21. The molecule has 1 atom stereocenters. The van der Waals surface area contributed by atoms with Crippen LogP contribution in [-0.4, -0.2) is 23.0 Å². The lowest BCUT2D eigenvalue weighted by Crippen LogP contribution is -2.32. The van der Waals surface area contributed by atoms with E-state index >= 15 is 0 Å². The lowest BCUT2D eigenvalue weighted by molar-refractivity contribution is 0.0695. The number of nitrogens with one attached hydrogen (secondary N) is 1. The van der Waals surface area contributed by atoms with Crippen LogP contribution in [0.25, 0.3) is 0 Å². The Morgan fingerprint density at radius 1 is 1.40 bits per heavy atom. The van der Waals surface area contributed by atoms with E-state index in [0.29, 0.717) is 12.8 Å². The molecule has 0 saturated carbocycles. The number of aromatic carboxylic acids is 1. The summed E-state index contributed by atoms with van der Waals surface area (Å²) in [6.07, 6.45) is 4.08. The van der Waals surface area contributed by atoms with Crippen molar-refractivity contribution in [1.29, 1.82) is 0 Å². The van der Waals surface area contributed by atoms with E-state index in [9.17, 15) is 9.59 Å². The molecular weight excluding hydrogens is 262 g/mol. The van der Waals surface area contributed by atoms with Crippen LogP contribution in [0.2, 0.25) is 0 Å². The van der Waals surface area contributed by atoms with Gasteiger partial charge in [0.2, 0.25) is 0 Å². The number of carboxylic acids is 1. The highest BCUT2D eigenvalue weighted by Gasteiger charge is 2.16. The topological polar surface area (TPSA) is 92.7 Å². The fourth-order valence-electron chi connectivity index (χ4n) is 1.75. The first kappa shape index (κ1) is 13.9. The highest BCUT2D eigenvalue weighted by Crippen LogP contribution is 2.09. The number of furan rings is 2. The number of hydrogen-bond acceptors (Lipinski definition) is 4. The molecule has 0 fully saturated rings. The van der Waals surface area contributed by atoms with Crippen molar-refractivity contribution in [2.75, 3.05) is 0 Å². The van der Waals surface area contributed by atoms with Gasteiger partial charge in [-0.05, 0) is 25.5 Å². The summed E-state index contributed by atoms with van der Waals surface area (Å²) in [5, 5.41) is 11.5. The highest BCUT2D eigenvalue weighted by atomic mass is 16.4. The maximum atomic E-state index is 11.8. The number of aryl methyl sites for hydroxylation is 1. The number of carbonyl (C=O) groups excluding carboxylic acids is 1. The summed E-state index contributed by atoms with van der Waals surface area (Å²) in [5.41, 5.74) is -0.0432. The zero-order chi connectivity index (χ0) is 14.5. The van der Waals surface area contributed by atoms with Gasteiger partial charge in [-0.3, -0.25) is 4.79 Å². The molecule has 0 aromatic carbocycles. The van der Waals surface area contributed by atoms with Crippen LogP contribution in [0.15, 0.2) is 39.6 Å². The van der Waals surface area contributed by atoms with E-state index in [1.807, 2.05) is 19.1 Å².